The molecule has 3 aliphatic rings. The number of anilines is 1. The number of hydrogen-bond acceptors (Lipinski definition) is 14. The number of rotatable bonds is 37. The molecule has 386 valence electrons. The Morgan fingerprint density at radius 3 is 2.25 bits per heavy atom. The number of fused-ring (bicyclic) bond motifs is 1. The van der Waals surface area contributed by atoms with Gasteiger partial charge in [0.05, 0.1) is 46.6 Å². The van der Waals surface area contributed by atoms with Gasteiger partial charge in [-0.05, 0) is 99.1 Å². The molecule has 68 heavy (non-hydrogen) atoms. The van der Waals surface area contributed by atoms with Gasteiger partial charge in [0.15, 0.2) is 0 Å². The average molecular weight is 996 g/mol. The van der Waals surface area contributed by atoms with E-state index in [1.807, 2.05) is 46.4 Å². The van der Waals surface area contributed by atoms with Crippen molar-refractivity contribution in [1.29, 1.82) is 5.26 Å². The van der Waals surface area contributed by atoms with Crippen molar-refractivity contribution in [2.24, 2.45) is 0 Å². The van der Waals surface area contributed by atoms with Gasteiger partial charge in [-0.3, -0.25) is 14.2 Å². The van der Waals surface area contributed by atoms with Crippen LogP contribution in [0.3, 0.4) is 0 Å². The molecule has 1 aromatic rings. The monoisotopic (exact) mass is 996 g/mol. The fourth-order valence-electron chi connectivity index (χ4n) is 8.87. The van der Waals surface area contributed by atoms with Crippen LogP contribution in [0.2, 0.25) is 0 Å². The number of methoxy groups -OCH3 is 1. The number of hydrogen-bond donors (Lipinski definition) is 6. The number of unbranched alkanes of at least 4 members (excludes halogenated alkanes) is 9. The van der Waals surface area contributed by atoms with Crippen molar-refractivity contribution >= 4 is 44.0 Å². The van der Waals surface area contributed by atoms with Gasteiger partial charge in [-0.15, -0.1) is 0 Å². The molecule has 1 aromatic heterocycles. The van der Waals surface area contributed by atoms with E-state index in [2.05, 4.69) is 47.6 Å². The highest BCUT2D eigenvalue weighted by molar-refractivity contribution is 8.00. The zero-order chi connectivity index (χ0) is 50.7. The first-order valence-electron chi connectivity index (χ1n) is 26.6. The summed E-state index contributed by atoms with van der Waals surface area (Å²) >= 11 is 1.98. The van der Waals surface area contributed by atoms with Gasteiger partial charge in [0.2, 0.25) is 11.8 Å². The number of carbonyl (C=O) groups is 3. The average Bonchev–Trinajstić information content (AvgIpc) is 4.01. The molecule has 3 saturated heterocycles. The first-order chi connectivity index (χ1) is 33.8. The van der Waals surface area contributed by atoms with Gasteiger partial charge in [-0.1, -0.05) is 38.5 Å². The van der Waals surface area contributed by atoms with E-state index in [1.54, 1.807) is 6.20 Å². The van der Waals surface area contributed by atoms with Gasteiger partial charge >= 0.3 is 11.7 Å². The van der Waals surface area contributed by atoms with Gasteiger partial charge in [0.25, 0.3) is 8.53 Å². The van der Waals surface area contributed by atoms with Crippen LogP contribution in [-0.2, 0) is 28.1 Å². The fraction of sp³-hybridized carbons (Fsp3) is 0.833. The molecule has 0 aliphatic carbocycles. The number of urea groups is 1. The second-order valence-electron chi connectivity index (χ2n) is 18.7. The maximum absolute atomic E-state index is 13.3. The third kappa shape index (κ3) is 20.7. The topological polar surface area (TPSA) is 222 Å². The number of thioether (sulfide) groups is 1. The van der Waals surface area contributed by atoms with Gasteiger partial charge in [0, 0.05) is 80.8 Å². The molecule has 6 N–H and O–H groups in total. The van der Waals surface area contributed by atoms with Crippen LogP contribution >= 0.6 is 20.3 Å². The summed E-state index contributed by atoms with van der Waals surface area (Å²) in [5.41, 5.74) is 0.294. The number of amides is 4. The van der Waals surface area contributed by atoms with E-state index in [4.69, 9.17) is 26.5 Å². The zero-order valence-corrected chi connectivity index (χ0v) is 43.3. The first kappa shape index (κ1) is 54.3. The Balaban J connectivity index is 0.984. The lowest BCUT2D eigenvalue weighted by atomic mass is 10.0. The quantitative estimate of drug-likeness (QED) is 0.0230. The molecule has 4 heterocycles. The van der Waals surface area contributed by atoms with Crippen LogP contribution in [-0.4, -0.2) is 132 Å². The number of aromatic nitrogens is 2. The Hall–Kier alpha value is -3.08. The van der Waals surface area contributed by atoms with Crippen LogP contribution in [0, 0.1) is 18.3 Å². The summed E-state index contributed by atoms with van der Waals surface area (Å²) < 4.78 is 42.9. The molecule has 0 aromatic carbocycles. The van der Waals surface area contributed by atoms with Crippen molar-refractivity contribution in [2.75, 3.05) is 64.1 Å². The van der Waals surface area contributed by atoms with Gasteiger partial charge in [0.1, 0.15) is 18.1 Å². The summed E-state index contributed by atoms with van der Waals surface area (Å²) in [7, 11) is -3.12. The minimum Gasteiger partial charge on any atom is -0.382 e. The lowest BCUT2D eigenvalue weighted by Gasteiger charge is -2.37. The van der Waals surface area contributed by atoms with Crippen molar-refractivity contribution in [1.82, 2.24) is 40.8 Å². The first-order valence-corrected chi connectivity index (χ1v) is 27.6. The molecular formula is C48H85N10O8PS. The summed E-state index contributed by atoms with van der Waals surface area (Å²) in [5.74, 6) is 1.69. The Bertz CT molecular complexity index is 1790. The lowest BCUT2D eigenvalue weighted by molar-refractivity contribution is -0.122. The minimum absolute atomic E-state index is 0.0144. The number of carbonyl (C=O) groups excluding carboxylic acids is 3. The van der Waals surface area contributed by atoms with E-state index in [1.165, 1.54) is 23.8 Å². The molecule has 0 saturated carbocycles. The maximum Gasteiger partial charge on any atom is 0.351 e. The summed E-state index contributed by atoms with van der Waals surface area (Å²) in [6, 6.07) is 2.86. The molecule has 0 bridgehead atoms. The van der Waals surface area contributed by atoms with E-state index < -0.39 is 39.7 Å². The molecule has 8 atom stereocenters. The van der Waals surface area contributed by atoms with Gasteiger partial charge < -0.3 is 50.4 Å². The maximum atomic E-state index is 13.3. The molecule has 0 radical (unpaired) electrons. The van der Waals surface area contributed by atoms with Crippen LogP contribution in [0.15, 0.2) is 11.0 Å². The molecule has 8 unspecified atom stereocenters. The Kier molecular flexibility index (Phi) is 26.1. The highest BCUT2D eigenvalue weighted by Gasteiger charge is 2.43. The van der Waals surface area contributed by atoms with Crippen LogP contribution in [0.25, 0.3) is 0 Å². The normalized spacial score (nSPS) is 22.4. The standard InChI is InChI=1S/C48H85N10O8PS/c1-35(2)58(36(3)4)67(64-30-20-24-49)66-39-31-44(65-40(39)33-63-6)57-32-37(5)46(56-48(57)62)53-29-18-8-7-17-27-51-43(60)23-14-11-19-28-52-42(59)22-13-10-16-26-50-25-15-9-12-21-41-45-38(34-68-41)54-47(61)55-45/h32,35-36,38-41,44-45,50H,7-23,25-31,33-34H2,1-6H3,(H,51,60)(H,52,59)(H,53,56,62)(H2,54,55,61)/i6TD. The van der Waals surface area contributed by atoms with E-state index in [0.717, 1.165) is 95.0 Å². The summed E-state index contributed by atoms with van der Waals surface area (Å²) in [4.78, 5) is 53.8. The highest BCUT2D eigenvalue weighted by Crippen LogP contribution is 2.50. The van der Waals surface area contributed by atoms with Crippen molar-refractivity contribution in [3.05, 3.63) is 22.2 Å². The second-order valence-corrected chi connectivity index (χ2v) is 21.4. The smallest absolute Gasteiger partial charge is 0.351 e. The number of nitriles is 1. The second kappa shape index (κ2) is 32.7. The molecule has 4 rings (SSSR count). The van der Waals surface area contributed by atoms with Crippen LogP contribution in [0.1, 0.15) is 158 Å². The Morgan fingerprint density at radius 1 is 0.971 bits per heavy atom. The molecule has 20 heteroatoms. The Labute approximate surface area is 414 Å². The molecule has 18 nitrogen and oxygen atoms in total. The summed E-state index contributed by atoms with van der Waals surface area (Å²) in [5, 5.41) is 28.6. The zero-order valence-electron chi connectivity index (χ0n) is 43.6. The van der Waals surface area contributed by atoms with E-state index in [-0.39, 0.29) is 49.6 Å². The fourth-order valence-corrected chi connectivity index (χ4v) is 12.2. The van der Waals surface area contributed by atoms with Crippen LogP contribution in [0.5, 0.6) is 0 Å². The lowest BCUT2D eigenvalue weighted by Crippen LogP contribution is -2.36. The molecule has 4 amide bonds. The molecular weight excluding hydrogens is 908 g/mol. The third-order valence-corrected chi connectivity index (χ3v) is 16.1. The van der Waals surface area contributed by atoms with E-state index in [0.29, 0.717) is 62.0 Å². The van der Waals surface area contributed by atoms with Gasteiger partial charge in [-0.2, -0.15) is 22.0 Å². The van der Waals surface area contributed by atoms with Crippen molar-refractivity contribution in [2.45, 2.75) is 198 Å². The molecule has 3 aliphatic heterocycles. The predicted octanol–water partition coefficient (Wildman–Crippen LogP) is 6.79. The van der Waals surface area contributed by atoms with Crippen molar-refractivity contribution in [3.8, 4) is 6.07 Å². The third-order valence-electron chi connectivity index (χ3n) is 12.4. The highest BCUT2D eigenvalue weighted by atomic mass is 32.2. The largest absolute Gasteiger partial charge is 0.382 e. The molecule has 3 fully saturated rings. The van der Waals surface area contributed by atoms with Crippen molar-refractivity contribution in [3.63, 3.8) is 0 Å². The number of nitrogens with one attached hydrogen (secondary N) is 6. The SMILES string of the molecule is [2H]C([3H])OCC1OC(n2cc(C)c(NCCCCCCNC(=O)CCCCCNC(=O)CCCCCNCCCCCC3SCC4NC(=O)NC43)nc2=O)CC1OP(OCCC#N)N(C(C)C)C(C)C. The summed E-state index contributed by atoms with van der Waals surface area (Å²) in [6.45, 7) is 14.1. The number of nitrogens with zero attached hydrogens (tertiary/aromatic N) is 4. The predicted molar refractivity (Wildman–Crippen MR) is 270 cm³/mol. The van der Waals surface area contributed by atoms with Crippen molar-refractivity contribution < 1.29 is 35.6 Å². The minimum atomic E-state index is -1.61. The summed E-state index contributed by atoms with van der Waals surface area (Å²) in [6.07, 6.45) is 15.3. The van der Waals surface area contributed by atoms with Gasteiger partial charge in [-0.25, -0.2) is 14.3 Å². The van der Waals surface area contributed by atoms with Crippen LogP contribution in [0.4, 0.5) is 10.6 Å². The number of ether oxygens (including phenoxy) is 2. The van der Waals surface area contributed by atoms with E-state index in [9.17, 15) is 19.2 Å². The molecule has 0 spiro atoms. The Morgan fingerprint density at radius 2 is 1.60 bits per heavy atom. The number of aryl methyl sites for hydroxylation is 1. The van der Waals surface area contributed by atoms with Crippen LogP contribution < -0.4 is 37.6 Å². The van der Waals surface area contributed by atoms with E-state index >= 15 is 0 Å².